The minimum absolute atomic E-state index is 0.126. The Kier molecular flexibility index (Phi) is 2.07. The molecule has 0 aliphatic rings. The van der Waals surface area contributed by atoms with Crippen LogP contribution in [0.2, 0.25) is 0 Å². The third-order valence-electron chi connectivity index (χ3n) is 2.02. The molecular weight excluding hydrogens is 197 g/mol. The number of benzene rings is 1. The molecule has 0 unspecified atom stereocenters. The maximum absolute atomic E-state index is 13.4. The van der Waals surface area contributed by atoms with Gasteiger partial charge >= 0.3 is 0 Å². The minimum atomic E-state index is -0.565. The highest BCUT2D eigenvalue weighted by Gasteiger charge is 2.09. The summed E-state index contributed by atoms with van der Waals surface area (Å²) in [7, 11) is 0. The first-order valence-electron chi connectivity index (χ1n) is 4.39. The summed E-state index contributed by atoms with van der Waals surface area (Å²) in [6.45, 7) is 1.77. The number of rotatable bonds is 1. The smallest absolute Gasteiger partial charge is 0.152 e. The quantitative estimate of drug-likeness (QED) is 0.746. The maximum Gasteiger partial charge on any atom is 0.152 e. The molecular formula is C10H10FN3O. The van der Waals surface area contributed by atoms with Gasteiger partial charge < -0.3 is 10.8 Å². The van der Waals surface area contributed by atoms with E-state index >= 15 is 0 Å². The molecule has 78 valence electrons. The number of nitrogens with two attached hydrogens (primary N) is 1. The van der Waals surface area contributed by atoms with Crippen molar-refractivity contribution in [1.29, 1.82) is 0 Å². The Bertz CT molecular complexity index is 507. The topological polar surface area (TPSA) is 64.1 Å². The van der Waals surface area contributed by atoms with Crippen LogP contribution in [-0.2, 0) is 0 Å². The second-order valence-corrected chi connectivity index (χ2v) is 3.26. The molecule has 4 nitrogen and oxygen atoms in total. The molecule has 0 atom stereocenters. The van der Waals surface area contributed by atoms with Gasteiger partial charge in [0.05, 0.1) is 5.69 Å². The molecule has 5 heteroatoms. The van der Waals surface area contributed by atoms with Crippen molar-refractivity contribution in [2.24, 2.45) is 0 Å². The van der Waals surface area contributed by atoms with E-state index in [4.69, 9.17) is 10.8 Å². The fraction of sp³-hybridized carbons (Fsp3) is 0.100. The van der Waals surface area contributed by atoms with Crippen molar-refractivity contribution in [1.82, 2.24) is 9.78 Å². The van der Waals surface area contributed by atoms with Crippen LogP contribution in [0, 0.1) is 12.7 Å². The van der Waals surface area contributed by atoms with Crippen LogP contribution in [0.5, 0.6) is 5.75 Å². The van der Waals surface area contributed by atoms with Crippen LogP contribution in [-0.4, -0.2) is 14.9 Å². The van der Waals surface area contributed by atoms with Crippen molar-refractivity contribution in [3.8, 4) is 11.4 Å². The zero-order valence-electron chi connectivity index (χ0n) is 8.11. The molecule has 0 aliphatic heterocycles. The van der Waals surface area contributed by atoms with Crippen LogP contribution in [0.3, 0.4) is 0 Å². The first-order valence-corrected chi connectivity index (χ1v) is 4.39. The standard InChI is InChI=1S/C10H10FN3O/c1-6-4-10(12)14(13-6)9-3-2-7(15)5-8(9)11/h2-5,15H,12H2,1H3. The summed E-state index contributed by atoms with van der Waals surface area (Å²) >= 11 is 0. The minimum Gasteiger partial charge on any atom is -0.508 e. The van der Waals surface area contributed by atoms with Crippen molar-refractivity contribution >= 4 is 5.82 Å². The third-order valence-corrected chi connectivity index (χ3v) is 2.02. The number of anilines is 1. The molecule has 1 heterocycles. The molecule has 1 aromatic carbocycles. The molecule has 0 fully saturated rings. The molecule has 2 rings (SSSR count). The van der Waals surface area contributed by atoms with Gasteiger partial charge in [-0.05, 0) is 19.1 Å². The summed E-state index contributed by atoms with van der Waals surface area (Å²) in [6, 6.07) is 5.47. The number of hydrogen-bond acceptors (Lipinski definition) is 3. The molecule has 0 radical (unpaired) electrons. The van der Waals surface area contributed by atoms with Gasteiger partial charge in [-0.2, -0.15) is 5.10 Å². The lowest BCUT2D eigenvalue weighted by Crippen LogP contribution is -2.03. The SMILES string of the molecule is Cc1cc(N)n(-c2ccc(O)cc2F)n1. The van der Waals surface area contributed by atoms with Crippen LogP contribution < -0.4 is 5.73 Å². The van der Waals surface area contributed by atoms with Crippen LogP contribution in [0.15, 0.2) is 24.3 Å². The second-order valence-electron chi connectivity index (χ2n) is 3.26. The van der Waals surface area contributed by atoms with Gasteiger partial charge in [-0.1, -0.05) is 0 Å². The number of nitrogen functional groups attached to an aromatic ring is 1. The molecule has 0 saturated carbocycles. The van der Waals surface area contributed by atoms with E-state index in [1.54, 1.807) is 13.0 Å². The first kappa shape index (κ1) is 9.51. The molecule has 0 saturated heterocycles. The van der Waals surface area contributed by atoms with Crippen LogP contribution in [0.25, 0.3) is 5.69 Å². The highest BCUT2D eigenvalue weighted by Crippen LogP contribution is 2.21. The Morgan fingerprint density at radius 2 is 2.13 bits per heavy atom. The monoisotopic (exact) mass is 207 g/mol. The molecule has 0 bridgehead atoms. The van der Waals surface area contributed by atoms with E-state index < -0.39 is 5.82 Å². The van der Waals surface area contributed by atoms with E-state index in [1.807, 2.05) is 0 Å². The number of aromatic hydroxyl groups is 1. The summed E-state index contributed by atoms with van der Waals surface area (Å²) in [6.07, 6.45) is 0. The van der Waals surface area contributed by atoms with Crippen LogP contribution in [0.1, 0.15) is 5.69 Å². The molecule has 1 aromatic heterocycles. The van der Waals surface area contributed by atoms with Crippen molar-refractivity contribution in [3.63, 3.8) is 0 Å². The van der Waals surface area contributed by atoms with E-state index in [0.29, 0.717) is 11.5 Å². The van der Waals surface area contributed by atoms with Crippen molar-refractivity contribution in [2.45, 2.75) is 6.92 Å². The van der Waals surface area contributed by atoms with Crippen LogP contribution >= 0.6 is 0 Å². The third kappa shape index (κ3) is 1.63. The Morgan fingerprint density at radius 1 is 1.40 bits per heavy atom. The van der Waals surface area contributed by atoms with Gasteiger partial charge in [-0.15, -0.1) is 0 Å². The lowest BCUT2D eigenvalue weighted by Gasteiger charge is -2.05. The van der Waals surface area contributed by atoms with Gasteiger partial charge in [-0.25, -0.2) is 9.07 Å². The fourth-order valence-corrected chi connectivity index (χ4v) is 1.38. The van der Waals surface area contributed by atoms with E-state index in [-0.39, 0.29) is 11.4 Å². The van der Waals surface area contributed by atoms with Crippen LogP contribution in [0.4, 0.5) is 10.2 Å². The lowest BCUT2D eigenvalue weighted by molar-refractivity contribution is 0.468. The predicted octanol–water partition coefficient (Wildman–Crippen LogP) is 1.61. The Hall–Kier alpha value is -2.04. The van der Waals surface area contributed by atoms with Crippen molar-refractivity contribution in [2.75, 3.05) is 5.73 Å². The van der Waals surface area contributed by atoms with Crippen molar-refractivity contribution < 1.29 is 9.50 Å². The Labute approximate surface area is 85.8 Å². The highest BCUT2D eigenvalue weighted by atomic mass is 19.1. The van der Waals surface area contributed by atoms with E-state index in [0.717, 1.165) is 6.07 Å². The number of halogens is 1. The van der Waals surface area contributed by atoms with E-state index in [9.17, 15) is 4.39 Å². The molecule has 0 aliphatic carbocycles. The summed E-state index contributed by atoms with van der Waals surface area (Å²) < 4.78 is 14.7. The zero-order valence-corrected chi connectivity index (χ0v) is 8.11. The van der Waals surface area contributed by atoms with Crippen molar-refractivity contribution in [3.05, 3.63) is 35.8 Å². The number of hydrogen-bond donors (Lipinski definition) is 2. The van der Waals surface area contributed by atoms with Gasteiger partial charge in [0.1, 0.15) is 17.3 Å². The average Bonchev–Trinajstić information content (AvgIpc) is 2.45. The Morgan fingerprint density at radius 3 is 2.67 bits per heavy atom. The number of aromatic nitrogens is 2. The lowest BCUT2D eigenvalue weighted by atomic mass is 10.3. The normalized spacial score (nSPS) is 10.5. The summed E-state index contributed by atoms with van der Waals surface area (Å²) in [4.78, 5) is 0. The van der Waals surface area contributed by atoms with Gasteiger partial charge in [0.2, 0.25) is 0 Å². The van der Waals surface area contributed by atoms with Gasteiger partial charge in [-0.3, -0.25) is 0 Å². The second kappa shape index (κ2) is 3.27. The fourth-order valence-electron chi connectivity index (χ4n) is 1.38. The van der Waals surface area contributed by atoms with E-state index in [1.165, 1.54) is 16.8 Å². The maximum atomic E-state index is 13.4. The number of aryl methyl sites for hydroxylation is 1. The zero-order chi connectivity index (χ0) is 11.0. The highest BCUT2D eigenvalue weighted by molar-refractivity contribution is 5.45. The van der Waals surface area contributed by atoms with E-state index in [2.05, 4.69) is 5.10 Å². The average molecular weight is 207 g/mol. The summed E-state index contributed by atoms with van der Waals surface area (Å²) in [5.74, 6) is -0.333. The molecule has 15 heavy (non-hydrogen) atoms. The van der Waals surface area contributed by atoms with Gasteiger partial charge in [0.15, 0.2) is 5.82 Å². The van der Waals surface area contributed by atoms with Gasteiger partial charge in [0, 0.05) is 12.1 Å². The number of phenolic OH excluding ortho intramolecular Hbond substituents is 1. The molecule has 3 N–H and O–H groups in total. The Balaban J connectivity index is 2.59. The summed E-state index contributed by atoms with van der Waals surface area (Å²) in [5.41, 5.74) is 6.58. The predicted molar refractivity (Wildman–Crippen MR) is 54.3 cm³/mol. The molecule has 2 aromatic rings. The molecule has 0 amide bonds. The molecule has 0 spiro atoms. The largest absolute Gasteiger partial charge is 0.508 e. The number of nitrogens with zero attached hydrogens (tertiary/aromatic N) is 2. The first-order chi connectivity index (χ1) is 7.08. The summed E-state index contributed by atoms with van der Waals surface area (Å²) in [5, 5.41) is 13.1. The van der Waals surface area contributed by atoms with Gasteiger partial charge in [0.25, 0.3) is 0 Å². The number of phenols is 1.